The lowest BCUT2D eigenvalue weighted by Crippen LogP contribution is -2.47. The van der Waals surface area contributed by atoms with Crippen LogP contribution < -0.4 is 15.7 Å². The maximum atomic E-state index is 11.7. The first-order valence-corrected chi connectivity index (χ1v) is 10.1. The highest BCUT2D eigenvalue weighted by Crippen LogP contribution is 2.27. The average Bonchev–Trinajstić information content (AvgIpc) is 2.74. The van der Waals surface area contributed by atoms with Crippen LogP contribution in [0.4, 0.5) is 5.95 Å². The van der Waals surface area contributed by atoms with E-state index in [9.17, 15) is 14.7 Å². The fourth-order valence-corrected chi connectivity index (χ4v) is 4.22. The van der Waals surface area contributed by atoms with Crippen LogP contribution in [0, 0.1) is 11.8 Å². The third-order valence-electron chi connectivity index (χ3n) is 5.91. The molecule has 0 spiro atoms. The zero-order chi connectivity index (χ0) is 19.9. The minimum atomic E-state index is -0.732. The molecule has 1 unspecified atom stereocenters. The number of carbonyl (C=O) groups is 2. The van der Waals surface area contributed by atoms with Crippen molar-refractivity contribution in [3.63, 3.8) is 0 Å². The first-order valence-electron chi connectivity index (χ1n) is 10.1. The summed E-state index contributed by atoms with van der Waals surface area (Å²) in [6.45, 7) is 2.30. The number of anilines is 1. The van der Waals surface area contributed by atoms with E-state index < -0.39 is 17.9 Å². The van der Waals surface area contributed by atoms with Gasteiger partial charge in [-0.1, -0.05) is 19.3 Å². The zero-order valence-electron chi connectivity index (χ0n) is 16.0. The first kappa shape index (κ1) is 20.5. The van der Waals surface area contributed by atoms with Gasteiger partial charge in [-0.15, -0.1) is 0 Å². The number of carbonyl (C=O) groups excluding carboxylic acids is 1. The second-order valence-electron chi connectivity index (χ2n) is 7.77. The zero-order valence-corrected chi connectivity index (χ0v) is 16.0. The summed E-state index contributed by atoms with van der Waals surface area (Å²) in [4.78, 5) is 33.5. The van der Waals surface area contributed by atoms with E-state index in [2.05, 4.69) is 20.2 Å². The van der Waals surface area contributed by atoms with Crippen molar-refractivity contribution in [1.29, 1.82) is 0 Å². The summed E-state index contributed by atoms with van der Waals surface area (Å²) in [6.07, 6.45) is 10.1. The summed E-state index contributed by atoms with van der Waals surface area (Å²) >= 11 is 0. The number of carboxylic acid groups (broad SMARTS) is 1. The molecule has 1 aromatic heterocycles. The van der Waals surface area contributed by atoms with Gasteiger partial charge in [0.05, 0.1) is 5.56 Å². The standard InChI is InChI=1S/C19H29N5O4/c25-17(23-28)15-11-21-19(22-12-15)24-8-6-13(7-9-24)10-20-16(18(26)27)14-4-2-1-3-5-14/h11-14,16,20,28H,1-10H2,(H,23,25)(H,26,27). The van der Waals surface area contributed by atoms with Gasteiger partial charge in [0.15, 0.2) is 0 Å². The summed E-state index contributed by atoms with van der Waals surface area (Å²) in [5.41, 5.74) is 1.76. The van der Waals surface area contributed by atoms with Crippen molar-refractivity contribution in [2.24, 2.45) is 11.8 Å². The van der Waals surface area contributed by atoms with Crippen molar-refractivity contribution in [3.05, 3.63) is 18.0 Å². The molecule has 1 aliphatic heterocycles. The fourth-order valence-electron chi connectivity index (χ4n) is 4.22. The second-order valence-corrected chi connectivity index (χ2v) is 7.77. The molecule has 1 amide bonds. The molecule has 154 valence electrons. The van der Waals surface area contributed by atoms with E-state index >= 15 is 0 Å². The average molecular weight is 391 g/mol. The highest BCUT2D eigenvalue weighted by Gasteiger charge is 2.30. The van der Waals surface area contributed by atoms with Crippen LogP contribution in [-0.2, 0) is 4.79 Å². The lowest BCUT2D eigenvalue weighted by molar-refractivity contribution is -0.141. The Morgan fingerprint density at radius 3 is 2.32 bits per heavy atom. The summed E-state index contributed by atoms with van der Waals surface area (Å²) in [6, 6.07) is -0.438. The Bertz CT molecular complexity index is 655. The Labute approximate surface area is 164 Å². The molecular weight excluding hydrogens is 362 g/mol. The quantitative estimate of drug-likeness (QED) is 0.406. The van der Waals surface area contributed by atoms with Crippen LogP contribution in [-0.4, -0.2) is 57.8 Å². The van der Waals surface area contributed by atoms with E-state index in [1.54, 1.807) is 5.48 Å². The van der Waals surface area contributed by atoms with Crippen molar-refractivity contribution in [3.8, 4) is 0 Å². The first-order chi connectivity index (χ1) is 13.6. The predicted molar refractivity (Wildman–Crippen MR) is 102 cm³/mol. The number of hydroxylamine groups is 1. The van der Waals surface area contributed by atoms with E-state index in [1.807, 2.05) is 0 Å². The van der Waals surface area contributed by atoms with Gasteiger partial charge >= 0.3 is 5.97 Å². The number of hydrogen-bond donors (Lipinski definition) is 4. The highest BCUT2D eigenvalue weighted by molar-refractivity contribution is 5.92. The third kappa shape index (κ3) is 5.17. The van der Waals surface area contributed by atoms with Crippen LogP contribution in [0.5, 0.6) is 0 Å². The lowest BCUT2D eigenvalue weighted by Gasteiger charge is -2.34. The molecule has 1 saturated carbocycles. The van der Waals surface area contributed by atoms with Crippen LogP contribution in [0.3, 0.4) is 0 Å². The number of aromatic nitrogens is 2. The second kappa shape index (κ2) is 9.79. The summed E-state index contributed by atoms with van der Waals surface area (Å²) < 4.78 is 0. The van der Waals surface area contributed by atoms with Crippen LogP contribution in [0.2, 0.25) is 0 Å². The van der Waals surface area contributed by atoms with Crippen LogP contribution in [0.1, 0.15) is 55.3 Å². The third-order valence-corrected chi connectivity index (χ3v) is 5.91. The molecule has 9 nitrogen and oxygen atoms in total. The number of nitrogens with one attached hydrogen (secondary N) is 2. The Hall–Kier alpha value is -2.26. The number of nitrogens with zero attached hydrogens (tertiary/aromatic N) is 3. The molecule has 2 aliphatic rings. The highest BCUT2D eigenvalue weighted by atomic mass is 16.5. The van der Waals surface area contributed by atoms with Crippen LogP contribution in [0.25, 0.3) is 0 Å². The van der Waals surface area contributed by atoms with Crippen molar-refractivity contribution in [1.82, 2.24) is 20.8 Å². The van der Waals surface area contributed by atoms with Gasteiger partial charge in [0.2, 0.25) is 5.95 Å². The van der Waals surface area contributed by atoms with E-state index in [4.69, 9.17) is 5.21 Å². The Balaban J connectivity index is 1.47. The van der Waals surface area contributed by atoms with Gasteiger partial charge < -0.3 is 15.3 Å². The monoisotopic (exact) mass is 391 g/mol. The number of rotatable bonds is 7. The van der Waals surface area contributed by atoms with Crippen molar-refractivity contribution in [2.75, 3.05) is 24.5 Å². The number of carboxylic acids is 1. The molecule has 9 heteroatoms. The maximum Gasteiger partial charge on any atom is 0.320 e. The minimum absolute atomic E-state index is 0.202. The largest absolute Gasteiger partial charge is 0.480 e. The molecule has 28 heavy (non-hydrogen) atoms. The van der Waals surface area contributed by atoms with Gasteiger partial charge in [-0.05, 0) is 44.1 Å². The van der Waals surface area contributed by atoms with E-state index in [1.165, 1.54) is 18.8 Å². The SMILES string of the molecule is O=C(NO)c1cnc(N2CCC(CNC(C(=O)O)C3CCCCC3)CC2)nc1. The predicted octanol–water partition coefficient (Wildman–Crippen LogP) is 1.44. The van der Waals surface area contributed by atoms with Gasteiger partial charge in [0.25, 0.3) is 5.91 Å². The molecule has 1 aliphatic carbocycles. The molecule has 0 aromatic carbocycles. The van der Waals surface area contributed by atoms with Crippen molar-refractivity contribution >= 4 is 17.8 Å². The molecule has 1 atom stereocenters. The molecule has 4 N–H and O–H groups in total. The van der Waals surface area contributed by atoms with Gasteiger partial charge in [-0.2, -0.15) is 0 Å². The smallest absolute Gasteiger partial charge is 0.320 e. The van der Waals surface area contributed by atoms with Gasteiger partial charge in [-0.25, -0.2) is 15.4 Å². The summed E-state index contributed by atoms with van der Waals surface area (Å²) in [5.74, 6) is -0.131. The molecular formula is C19H29N5O4. The molecule has 2 fully saturated rings. The minimum Gasteiger partial charge on any atom is -0.480 e. The topological polar surface area (TPSA) is 128 Å². The Kier molecular flexibility index (Phi) is 7.16. The number of piperidine rings is 1. The van der Waals surface area contributed by atoms with E-state index in [0.29, 0.717) is 11.9 Å². The van der Waals surface area contributed by atoms with Gasteiger partial charge in [0, 0.05) is 25.5 Å². The number of amides is 1. The number of aliphatic carboxylic acids is 1. The molecule has 1 saturated heterocycles. The maximum absolute atomic E-state index is 11.7. The molecule has 0 bridgehead atoms. The summed E-state index contributed by atoms with van der Waals surface area (Å²) in [5, 5.41) is 21.5. The van der Waals surface area contributed by atoms with Gasteiger partial charge in [0.1, 0.15) is 6.04 Å². The molecule has 2 heterocycles. The number of hydrogen-bond acceptors (Lipinski definition) is 7. The lowest BCUT2D eigenvalue weighted by atomic mass is 9.83. The van der Waals surface area contributed by atoms with E-state index in [0.717, 1.165) is 58.2 Å². The van der Waals surface area contributed by atoms with E-state index in [-0.39, 0.29) is 11.5 Å². The Morgan fingerprint density at radius 1 is 1.11 bits per heavy atom. The van der Waals surface area contributed by atoms with Crippen molar-refractivity contribution in [2.45, 2.75) is 51.0 Å². The molecule has 3 rings (SSSR count). The fraction of sp³-hybridized carbons (Fsp3) is 0.684. The normalized spacial score (nSPS) is 20.0. The van der Waals surface area contributed by atoms with Crippen LogP contribution in [0.15, 0.2) is 12.4 Å². The van der Waals surface area contributed by atoms with Gasteiger partial charge in [-0.3, -0.25) is 14.8 Å². The molecule has 1 aromatic rings. The Morgan fingerprint density at radius 2 is 1.75 bits per heavy atom. The van der Waals surface area contributed by atoms with Crippen molar-refractivity contribution < 1.29 is 19.9 Å². The molecule has 0 radical (unpaired) electrons. The van der Waals surface area contributed by atoms with Crippen LogP contribution >= 0.6 is 0 Å². The summed E-state index contributed by atoms with van der Waals surface area (Å²) in [7, 11) is 0.